The maximum Gasteiger partial charge on any atom is 0.407 e. The van der Waals surface area contributed by atoms with Gasteiger partial charge in [-0.1, -0.05) is 6.08 Å². The van der Waals surface area contributed by atoms with Gasteiger partial charge in [0.25, 0.3) is 0 Å². The van der Waals surface area contributed by atoms with Crippen molar-refractivity contribution in [3.8, 4) is 11.3 Å². The molecule has 11 heteroatoms. The SMILES string of the molecule is Cc1c(-c2ncnc3[nH]c(C4=CCN(C(=O)O)CC4)cc23)ccc(F)c1NC(=O)N1CC(OC(C)(C)C)C1. The van der Waals surface area contributed by atoms with Crippen molar-refractivity contribution in [1.29, 1.82) is 0 Å². The van der Waals surface area contributed by atoms with Crippen LogP contribution in [0.15, 0.2) is 30.6 Å². The Bertz CT molecular complexity index is 1440. The molecule has 3 amide bonds. The molecular formula is C27H31FN6O4. The second-order valence-electron chi connectivity index (χ2n) is 10.7. The van der Waals surface area contributed by atoms with E-state index in [0.717, 1.165) is 16.7 Å². The van der Waals surface area contributed by atoms with Crippen molar-refractivity contribution in [2.75, 3.05) is 31.5 Å². The lowest BCUT2D eigenvalue weighted by Crippen LogP contribution is -2.57. The van der Waals surface area contributed by atoms with Gasteiger partial charge in [-0.05, 0) is 63.5 Å². The van der Waals surface area contributed by atoms with Crippen molar-refractivity contribution in [3.63, 3.8) is 0 Å². The molecule has 0 unspecified atom stereocenters. The first kappa shape index (κ1) is 25.7. The Morgan fingerprint density at radius 2 is 1.97 bits per heavy atom. The van der Waals surface area contributed by atoms with E-state index in [1.807, 2.05) is 32.9 Å². The Morgan fingerprint density at radius 1 is 1.21 bits per heavy atom. The molecule has 2 aliphatic rings. The molecule has 10 nitrogen and oxygen atoms in total. The zero-order valence-electron chi connectivity index (χ0n) is 21.8. The summed E-state index contributed by atoms with van der Waals surface area (Å²) < 4.78 is 20.8. The molecule has 3 aromatic rings. The van der Waals surface area contributed by atoms with Gasteiger partial charge in [-0.15, -0.1) is 0 Å². The van der Waals surface area contributed by atoms with E-state index in [1.54, 1.807) is 17.9 Å². The van der Waals surface area contributed by atoms with Crippen LogP contribution < -0.4 is 5.32 Å². The van der Waals surface area contributed by atoms with E-state index in [9.17, 15) is 19.1 Å². The van der Waals surface area contributed by atoms with E-state index < -0.39 is 11.9 Å². The van der Waals surface area contributed by atoms with Crippen LogP contribution in [0.2, 0.25) is 0 Å². The number of ether oxygens (including phenoxy) is 1. The third-order valence-electron chi connectivity index (χ3n) is 6.81. The maximum absolute atomic E-state index is 14.9. The number of hydrogen-bond acceptors (Lipinski definition) is 5. The van der Waals surface area contributed by atoms with Crippen LogP contribution in [0, 0.1) is 12.7 Å². The highest BCUT2D eigenvalue weighted by molar-refractivity contribution is 5.97. The van der Waals surface area contributed by atoms with Crippen molar-refractivity contribution in [3.05, 3.63) is 47.7 Å². The lowest BCUT2D eigenvalue weighted by molar-refractivity contribution is -0.110. The molecule has 1 aromatic carbocycles. The van der Waals surface area contributed by atoms with Crippen LogP contribution in [0.4, 0.5) is 19.7 Å². The Labute approximate surface area is 219 Å². The van der Waals surface area contributed by atoms with Gasteiger partial charge < -0.3 is 29.9 Å². The number of carbonyl (C=O) groups excluding carboxylic acids is 1. The summed E-state index contributed by atoms with van der Waals surface area (Å²) in [5, 5.41) is 12.7. The average Bonchev–Trinajstić information content (AvgIpc) is 3.28. The first-order valence-corrected chi connectivity index (χ1v) is 12.5. The van der Waals surface area contributed by atoms with Crippen LogP contribution in [-0.4, -0.2) is 79.9 Å². The van der Waals surface area contributed by atoms with Gasteiger partial charge in [-0.2, -0.15) is 0 Å². The van der Waals surface area contributed by atoms with Crippen molar-refractivity contribution in [2.45, 2.75) is 45.8 Å². The van der Waals surface area contributed by atoms with Gasteiger partial charge in [-0.25, -0.2) is 23.9 Å². The van der Waals surface area contributed by atoms with Gasteiger partial charge in [-0.3, -0.25) is 0 Å². The molecule has 1 saturated heterocycles. The number of urea groups is 1. The van der Waals surface area contributed by atoms with Gasteiger partial charge in [0.2, 0.25) is 0 Å². The smallest absolute Gasteiger partial charge is 0.407 e. The average molecular weight is 523 g/mol. The molecule has 0 bridgehead atoms. The number of aromatic amines is 1. The fourth-order valence-corrected chi connectivity index (χ4v) is 4.87. The molecule has 38 heavy (non-hydrogen) atoms. The topological polar surface area (TPSA) is 124 Å². The maximum atomic E-state index is 14.9. The van der Waals surface area contributed by atoms with E-state index in [-0.39, 0.29) is 23.4 Å². The number of amides is 3. The second kappa shape index (κ2) is 9.71. The summed E-state index contributed by atoms with van der Waals surface area (Å²) in [6.45, 7) is 9.28. The molecule has 0 spiro atoms. The summed E-state index contributed by atoms with van der Waals surface area (Å²) in [6.07, 6.45) is 2.93. The largest absolute Gasteiger partial charge is 0.465 e. The Kier molecular flexibility index (Phi) is 6.56. The molecule has 1 fully saturated rings. The Hall–Kier alpha value is -3.99. The van der Waals surface area contributed by atoms with Crippen LogP contribution in [-0.2, 0) is 4.74 Å². The van der Waals surface area contributed by atoms with E-state index in [1.165, 1.54) is 17.3 Å². The number of carbonyl (C=O) groups is 2. The van der Waals surface area contributed by atoms with Crippen LogP contribution >= 0.6 is 0 Å². The lowest BCUT2D eigenvalue weighted by atomic mass is 10.00. The number of fused-ring (bicyclic) bond motifs is 1. The predicted octanol–water partition coefficient (Wildman–Crippen LogP) is 4.87. The van der Waals surface area contributed by atoms with E-state index in [0.29, 0.717) is 55.1 Å². The fourth-order valence-electron chi connectivity index (χ4n) is 4.87. The molecule has 0 atom stereocenters. The molecular weight excluding hydrogens is 491 g/mol. The number of rotatable bonds is 4. The Balaban J connectivity index is 1.39. The molecule has 0 radical (unpaired) electrons. The molecule has 4 heterocycles. The minimum atomic E-state index is -0.938. The van der Waals surface area contributed by atoms with Crippen LogP contribution in [0.3, 0.4) is 0 Å². The number of anilines is 1. The molecule has 5 rings (SSSR count). The van der Waals surface area contributed by atoms with Gasteiger partial charge in [0.15, 0.2) is 0 Å². The minimum Gasteiger partial charge on any atom is -0.465 e. The highest BCUT2D eigenvalue weighted by Gasteiger charge is 2.34. The van der Waals surface area contributed by atoms with E-state index in [4.69, 9.17) is 4.74 Å². The number of hydrogen-bond donors (Lipinski definition) is 3. The third kappa shape index (κ3) is 5.06. The molecule has 200 valence electrons. The molecule has 2 aliphatic heterocycles. The summed E-state index contributed by atoms with van der Waals surface area (Å²) >= 11 is 0. The number of H-pyrrole nitrogens is 1. The van der Waals surface area contributed by atoms with Gasteiger partial charge in [0.1, 0.15) is 17.8 Å². The second-order valence-corrected chi connectivity index (χ2v) is 10.7. The molecule has 0 aliphatic carbocycles. The number of aromatic nitrogens is 3. The predicted molar refractivity (Wildman–Crippen MR) is 141 cm³/mol. The number of nitrogens with zero attached hydrogens (tertiary/aromatic N) is 4. The fraction of sp³-hybridized carbons (Fsp3) is 0.407. The van der Waals surface area contributed by atoms with Crippen molar-refractivity contribution in [1.82, 2.24) is 24.8 Å². The standard InChI is InChI=1S/C27H31FN6O4/c1-15-18(5-6-20(28)22(15)32-25(35)34-12-17(13-34)38-27(2,3)4)23-19-11-21(31-24(19)30-14-29-23)16-7-9-33(10-8-16)26(36)37/h5-7,11,14,17H,8-10,12-13H2,1-4H3,(H,32,35)(H,36,37)(H,29,30,31). The first-order valence-electron chi connectivity index (χ1n) is 12.5. The highest BCUT2D eigenvalue weighted by Crippen LogP contribution is 2.35. The molecule has 0 saturated carbocycles. The summed E-state index contributed by atoms with van der Waals surface area (Å²) in [5.74, 6) is -0.530. The number of carboxylic acid groups (broad SMARTS) is 1. The summed E-state index contributed by atoms with van der Waals surface area (Å²) in [4.78, 5) is 39.1. The minimum absolute atomic E-state index is 0.0402. The zero-order valence-corrected chi connectivity index (χ0v) is 21.8. The van der Waals surface area contributed by atoms with Crippen molar-refractivity contribution in [2.24, 2.45) is 0 Å². The first-order chi connectivity index (χ1) is 18.0. The van der Waals surface area contributed by atoms with Crippen LogP contribution in [0.25, 0.3) is 27.9 Å². The number of halogens is 1. The zero-order chi connectivity index (χ0) is 27.2. The Morgan fingerprint density at radius 3 is 2.63 bits per heavy atom. The van der Waals surface area contributed by atoms with E-state index >= 15 is 0 Å². The van der Waals surface area contributed by atoms with Gasteiger partial charge in [0, 0.05) is 29.7 Å². The molecule has 3 N–H and O–H groups in total. The van der Waals surface area contributed by atoms with Crippen LogP contribution in [0.1, 0.15) is 38.4 Å². The highest BCUT2D eigenvalue weighted by atomic mass is 19.1. The van der Waals surface area contributed by atoms with Gasteiger partial charge in [0.05, 0.1) is 36.2 Å². The monoisotopic (exact) mass is 522 g/mol. The van der Waals surface area contributed by atoms with Crippen molar-refractivity contribution < 1.29 is 23.8 Å². The normalized spacial score (nSPS) is 16.4. The lowest BCUT2D eigenvalue weighted by Gasteiger charge is -2.41. The summed E-state index contributed by atoms with van der Waals surface area (Å²) in [6, 6.07) is 4.53. The number of nitrogens with one attached hydrogen (secondary N) is 2. The van der Waals surface area contributed by atoms with Crippen molar-refractivity contribution >= 4 is 34.4 Å². The molecule has 2 aromatic heterocycles. The van der Waals surface area contributed by atoms with Crippen LogP contribution in [0.5, 0.6) is 0 Å². The van der Waals surface area contributed by atoms with E-state index in [2.05, 4.69) is 20.3 Å². The summed E-state index contributed by atoms with van der Waals surface area (Å²) in [5.41, 5.74) is 4.10. The number of likely N-dealkylation sites (tertiary alicyclic amines) is 1. The number of benzene rings is 1. The third-order valence-corrected chi connectivity index (χ3v) is 6.81. The quantitative estimate of drug-likeness (QED) is 0.449. The summed E-state index contributed by atoms with van der Waals surface area (Å²) in [7, 11) is 0. The van der Waals surface area contributed by atoms with Gasteiger partial charge >= 0.3 is 12.1 Å².